The Hall–Kier alpha value is -4.56. The van der Waals surface area contributed by atoms with E-state index >= 15 is 0 Å². The van der Waals surface area contributed by atoms with E-state index in [0.29, 0.717) is 12.8 Å². The number of carbonyl (C=O) groups excluding carboxylic acids is 8. The molecule has 24 heteroatoms. The van der Waals surface area contributed by atoms with E-state index in [4.69, 9.17) is 52.5 Å². The van der Waals surface area contributed by atoms with Gasteiger partial charge in [0, 0.05) is 53.6 Å². The fraction of sp³-hybridized carbons (Fsp3) is 0.826. The number of hydrogen-bond donors (Lipinski definition) is 6. The fourth-order valence-electron chi connectivity index (χ4n) is 9.94. The first-order valence-corrected chi connectivity index (χ1v) is 24.1. The largest absolute Gasteiger partial charge is 0.463 e. The number of nitrogens with one attached hydrogen (secondary N) is 3. The molecule has 0 bridgehead atoms. The quantitative estimate of drug-likeness (QED) is 0.0490. The van der Waals surface area contributed by atoms with Crippen LogP contribution in [0.15, 0.2) is 0 Å². The van der Waals surface area contributed by atoms with Gasteiger partial charge in [0.15, 0.2) is 49.2 Å². The summed E-state index contributed by atoms with van der Waals surface area (Å²) in [6.45, 7) is 7.68. The number of ether oxygens (including phenoxy) is 10. The molecule has 0 aromatic rings. The summed E-state index contributed by atoms with van der Waals surface area (Å²) in [7, 11) is 0. The van der Waals surface area contributed by atoms with E-state index in [1.54, 1.807) is 6.92 Å². The van der Waals surface area contributed by atoms with E-state index in [0.717, 1.165) is 52.9 Å². The molecule has 396 valence electrons. The Bertz CT molecular complexity index is 1830. The molecule has 5 fully saturated rings. The topological polar surface area (TPSA) is 326 Å². The maximum absolute atomic E-state index is 14.0. The maximum atomic E-state index is 14.0. The minimum absolute atomic E-state index is 0.0970. The minimum atomic E-state index is -1.91. The third kappa shape index (κ3) is 15.2. The van der Waals surface area contributed by atoms with Gasteiger partial charge < -0.3 is 78.6 Å². The lowest BCUT2D eigenvalue weighted by atomic mass is 9.75. The monoisotopic (exact) mass is 1000 g/mol. The van der Waals surface area contributed by atoms with Gasteiger partial charge in [-0.1, -0.05) is 45.4 Å². The molecule has 2 aliphatic carbocycles. The van der Waals surface area contributed by atoms with Gasteiger partial charge in [-0.3, -0.25) is 33.6 Å². The fourth-order valence-corrected chi connectivity index (χ4v) is 9.94. The smallest absolute Gasteiger partial charge is 0.335 e. The number of aliphatic hydroxyl groups excluding tert-OH is 3. The second-order valence-electron chi connectivity index (χ2n) is 18.6. The predicted molar refractivity (Wildman–Crippen MR) is 235 cm³/mol. The van der Waals surface area contributed by atoms with E-state index < -0.39 is 164 Å². The van der Waals surface area contributed by atoms with E-state index in [1.165, 1.54) is 13.8 Å². The minimum Gasteiger partial charge on any atom is -0.463 e. The average molecular weight is 1000 g/mol. The number of hydrogen-bond acceptors (Lipinski definition) is 21. The van der Waals surface area contributed by atoms with Crippen LogP contribution in [0.5, 0.6) is 0 Å². The van der Waals surface area contributed by atoms with Crippen LogP contribution in [-0.4, -0.2) is 181 Å². The molecule has 0 radical (unpaired) electrons. The summed E-state index contributed by atoms with van der Waals surface area (Å²) in [4.78, 5) is 102. The van der Waals surface area contributed by atoms with Gasteiger partial charge in [-0.15, -0.1) is 0 Å². The van der Waals surface area contributed by atoms with Crippen molar-refractivity contribution < 1.29 is 101 Å². The zero-order chi connectivity index (χ0) is 51.4. The van der Waals surface area contributed by atoms with Crippen LogP contribution in [0.2, 0.25) is 0 Å². The molecule has 3 heterocycles. The van der Waals surface area contributed by atoms with E-state index in [9.17, 15) is 48.6 Å². The van der Waals surface area contributed by atoms with Crippen molar-refractivity contribution in [2.45, 2.75) is 198 Å². The summed E-state index contributed by atoms with van der Waals surface area (Å²) >= 11 is 0. The van der Waals surface area contributed by atoms with Crippen molar-refractivity contribution in [1.29, 1.82) is 0 Å². The lowest BCUT2D eigenvalue weighted by molar-refractivity contribution is -0.344. The molecule has 3 saturated heterocycles. The van der Waals surface area contributed by atoms with Crippen molar-refractivity contribution >= 4 is 47.6 Å². The van der Waals surface area contributed by atoms with Crippen LogP contribution in [0.25, 0.3) is 0 Å². The molecule has 6 N–H and O–H groups in total. The van der Waals surface area contributed by atoms with Crippen LogP contribution < -0.4 is 16.0 Å². The van der Waals surface area contributed by atoms with Crippen molar-refractivity contribution in [2.75, 3.05) is 26.3 Å². The van der Waals surface area contributed by atoms with Crippen molar-refractivity contribution in [3.05, 3.63) is 0 Å². The molecule has 0 aromatic heterocycles. The first-order chi connectivity index (χ1) is 33.2. The van der Waals surface area contributed by atoms with E-state index in [1.807, 2.05) is 6.92 Å². The van der Waals surface area contributed by atoms with Crippen molar-refractivity contribution in [3.63, 3.8) is 0 Å². The molecule has 70 heavy (non-hydrogen) atoms. The molecular weight excluding hydrogens is 931 g/mol. The van der Waals surface area contributed by atoms with Gasteiger partial charge in [0.05, 0.1) is 24.9 Å². The molecular formula is C46H71N3O21. The Kier molecular flexibility index (Phi) is 21.1. The number of carbonyl (C=O) groups is 8. The molecule has 0 spiro atoms. The first kappa shape index (κ1) is 56.4. The Labute approximate surface area is 406 Å². The van der Waals surface area contributed by atoms with Crippen LogP contribution >= 0.6 is 0 Å². The summed E-state index contributed by atoms with van der Waals surface area (Å²) in [5.41, 5.74) is 0. The highest BCUT2D eigenvalue weighted by molar-refractivity contribution is 5.81. The zero-order valence-corrected chi connectivity index (χ0v) is 40.8. The molecule has 3 amide bonds. The van der Waals surface area contributed by atoms with Crippen LogP contribution in [-0.2, 0) is 85.7 Å². The number of aliphatic hydroxyl groups is 3. The Balaban J connectivity index is 1.51. The molecule has 24 nitrogen and oxygen atoms in total. The van der Waals surface area contributed by atoms with Crippen molar-refractivity contribution in [2.24, 2.45) is 17.8 Å². The van der Waals surface area contributed by atoms with Crippen LogP contribution in [0, 0.1) is 17.8 Å². The number of esters is 5. The highest BCUT2D eigenvalue weighted by Crippen LogP contribution is 2.42. The zero-order valence-electron chi connectivity index (χ0n) is 40.8. The summed E-state index contributed by atoms with van der Waals surface area (Å²) in [6.07, 6.45) is -12.7. The SMILES string of the molecule is CC[C@@H]1CC(C(=O)NCCNC(=O)[C@@H](O)[C@H](O)CO)CC(O[C@@H]2O[C@@H](COC(C)=O)C3OC(=O)[C@@H](CC4CCCCC4)OC3C2NC(C)=O)C1OC1OC(C)C(OC(C)=O)C(OC(C)=O)C1OC(C)=O. The normalized spacial score (nSPS) is 34.3. The summed E-state index contributed by atoms with van der Waals surface area (Å²) in [5.74, 6) is -6.79. The Morgan fingerprint density at radius 3 is 2.00 bits per heavy atom. The van der Waals surface area contributed by atoms with Gasteiger partial charge in [-0.05, 0) is 38.0 Å². The second-order valence-corrected chi connectivity index (χ2v) is 18.6. The number of rotatable bonds is 20. The summed E-state index contributed by atoms with van der Waals surface area (Å²) in [6, 6.07) is -1.17. The Morgan fingerprint density at radius 2 is 1.39 bits per heavy atom. The molecule has 0 aromatic carbocycles. The van der Waals surface area contributed by atoms with Crippen molar-refractivity contribution in [1.82, 2.24) is 16.0 Å². The van der Waals surface area contributed by atoms with E-state index in [-0.39, 0.29) is 31.8 Å². The lowest BCUT2D eigenvalue weighted by Crippen LogP contribution is -2.70. The standard InChI is InChI=1S/C46H71N3O21/c1-8-28-17-29(42(58)47-14-15-48-43(59)35(57)30(56)19-50)18-31(37(28)70-46-41(65-26(7)55)40(64-25(6)54)36(21(2)62-46)63-24(5)53)67-45-34(49-22(3)51)39-38(33(68-45)20-61-23(4)52)69-44(60)32(66-39)16-27-12-10-9-11-13-27/h21,27-41,45-46,50,56-57H,8-20H2,1-7H3,(H,47,58)(H,48,59)(H,49,51)/t21?,28-,29?,30-,31?,32-,33+,34?,35+,36?,37?,38?,39?,40?,41?,45-,46?/m1/s1. The molecule has 17 atom stereocenters. The van der Waals surface area contributed by atoms with Gasteiger partial charge in [0.2, 0.25) is 11.8 Å². The predicted octanol–water partition coefficient (Wildman–Crippen LogP) is -0.878. The summed E-state index contributed by atoms with van der Waals surface area (Å²) in [5, 5.41) is 36.7. The van der Waals surface area contributed by atoms with E-state index in [2.05, 4.69) is 16.0 Å². The number of amides is 3. The van der Waals surface area contributed by atoms with Gasteiger partial charge in [0.25, 0.3) is 5.91 Å². The summed E-state index contributed by atoms with van der Waals surface area (Å²) < 4.78 is 61.2. The highest BCUT2D eigenvalue weighted by Gasteiger charge is 2.57. The molecule has 5 rings (SSSR count). The third-order valence-corrected chi connectivity index (χ3v) is 13.2. The van der Waals surface area contributed by atoms with Crippen LogP contribution in [0.4, 0.5) is 0 Å². The van der Waals surface area contributed by atoms with Gasteiger partial charge >= 0.3 is 29.8 Å². The van der Waals surface area contributed by atoms with Crippen LogP contribution in [0.1, 0.15) is 106 Å². The average Bonchev–Trinajstić information content (AvgIpc) is 3.30. The molecule has 2 saturated carbocycles. The van der Waals surface area contributed by atoms with Gasteiger partial charge in [-0.2, -0.15) is 0 Å². The van der Waals surface area contributed by atoms with Crippen LogP contribution in [0.3, 0.4) is 0 Å². The van der Waals surface area contributed by atoms with Crippen molar-refractivity contribution in [3.8, 4) is 0 Å². The Morgan fingerprint density at radius 1 is 0.743 bits per heavy atom. The molecule has 5 aliphatic rings. The number of fused-ring (bicyclic) bond motifs is 1. The highest BCUT2D eigenvalue weighted by atomic mass is 16.8. The first-order valence-electron chi connectivity index (χ1n) is 24.1. The van der Waals surface area contributed by atoms with Gasteiger partial charge in [-0.25, -0.2) is 4.79 Å². The maximum Gasteiger partial charge on any atom is 0.335 e. The van der Waals surface area contributed by atoms with Gasteiger partial charge in [0.1, 0.15) is 31.0 Å². The molecule has 3 aliphatic heterocycles. The third-order valence-electron chi connectivity index (χ3n) is 13.2. The lowest BCUT2D eigenvalue weighted by Gasteiger charge is -2.51. The second kappa shape index (κ2) is 26.2. The molecule has 11 unspecified atom stereocenters.